The van der Waals surface area contributed by atoms with E-state index >= 15 is 0 Å². The van der Waals surface area contributed by atoms with Crippen molar-refractivity contribution in [1.29, 1.82) is 0 Å². The maximum atomic E-state index is 12.5. The molecular weight excluding hydrogens is 294 g/mol. The van der Waals surface area contributed by atoms with Crippen molar-refractivity contribution in [2.24, 2.45) is 0 Å². The van der Waals surface area contributed by atoms with Crippen LogP contribution in [0.4, 0.5) is 0 Å². The lowest BCUT2D eigenvalue weighted by molar-refractivity contribution is -0.123. The Bertz CT molecular complexity index is 741. The Kier molecular flexibility index (Phi) is 4.28. The lowest BCUT2D eigenvalue weighted by atomic mass is 9.92. The van der Waals surface area contributed by atoms with Crippen molar-refractivity contribution in [3.05, 3.63) is 65.2 Å². The van der Waals surface area contributed by atoms with Crippen molar-refractivity contribution >= 4 is 11.9 Å². The highest BCUT2D eigenvalue weighted by Crippen LogP contribution is 2.33. The van der Waals surface area contributed by atoms with Crippen LogP contribution in [0.25, 0.3) is 0 Å². The van der Waals surface area contributed by atoms with Gasteiger partial charge in [-0.1, -0.05) is 30.3 Å². The summed E-state index contributed by atoms with van der Waals surface area (Å²) < 4.78 is 5.56. The molecule has 2 aromatic carbocycles. The number of nitrogens with one attached hydrogen (secondary N) is 1. The van der Waals surface area contributed by atoms with E-state index in [-0.39, 0.29) is 17.4 Å². The molecule has 0 saturated carbocycles. The molecule has 1 amide bonds. The number of carbonyl (C=O) groups excluding carboxylic acids is 1. The topological polar surface area (TPSA) is 75.6 Å². The fourth-order valence-electron chi connectivity index (χ4n) is 2.74. The van der Waals surface area contributed by atoms with Gasteiger partial charge in [0.05, 0.1) is 18.1 Å². The van der Waals surface area contributed by atoms with Gasteiger partial charge in [-0.05, 0) is 30.2 Å². The van der Waals surface area contributed by atoms with E-state index in [1.807, 2.05) is 24.3 Å². The zero-order valence-electron chi connectivity index (χ0n) is 12.5. The van der Waals surface area contributed by atoms with E-state index in [1.165, 1.54) is 6.07 Å². The molecule has 1 aliphatic heterocycles. The Hall–Kier alpha value is -2.82. The van der Waals surface area contributed by atoms with Crippen LogP contribution in [-0.4, -0.2) is 23.6 Å². The number of carboxylic acids is 1. The van der Waals surface area contributed by atoms with Crippen LogP contribution in [0.2, 0.25) is 0 Å². The van der Waals surface area contributed by atoms with Gasteiger partial charge in [-0.3, -0.25) is 4.79 Å². The molecule has 5 nitrogen and oxygen atoms in total. The van der Waals surface area contributed by atoms with Gasteiger partial charge in [0.15, 0.2) is 0 Å². The number of fused-ring (bicyclic) bond motifs is 1. The number of para-hydroxylation sites is 1. The lowest BCUT2D eigenvalue weighted by Gasteiger charge is -2.25. The minimum Gasteiger partial charge on any atom is -0.493 e. The number of benzene rings is 2. The van der Waals surface area contributed by atoms with Crippen LogP contribution in [0.5, 0.6) is 5.75 Å². The highest BCUT2D eigenvalue weighted by molar-refractivity contribution is 5.88. The second-order valence-corrected chi connectivity index (χ2v) is 5.45. The van der Waals surface area contributed by atoms with E-state index in [0.29, 0.717) is 19.6 Å². The van der Waals surface area contributed by atoms with Crippen molar-refractivity contribution in [3.63, 3.8) is 0 Å². The van der Waals surface area contributed by atoms with E-state index in [1.54, 1.807) is 18.2 Å². The summed E-state index contributed by atoms with van der Waals surface area (Å²) in [6, 6.07) is 14.1. The third kappa shape index (κ3) is 3.34. The molecule has 0 aromatic heterocycles. The van der Waals surface area contributed by atoms with Gasteiger partial charge < -0.3 is 15.2 Å². The largest absolute Gasteiger partial charge is 0.493 e. The summed E-state index contributed by atoms with van der Waals surface area (Å²) >= 11 is 0. The van der Waals surface area contributed by atoms with Gasteiger partial charge in [0.2, 0.25) is 5.91 Å². The van der Waals surface area contributed by atoms with Crippen molar-refractivity contribution in [1.82, 2.24) is 5.32 Å². The molecule has 118 valence electrons. The monoisotopic (exact) mass is 311 g/mol. The molecule has 23 heavy (non-hydrogen) atoms. The van der Waals surface area contributed by atoms with E-state index in [4.69, 9.17) is 9.84 Å². The lowest BCUT2D eigenvalue weighted by Crippen LogP contribution is -2.32. The fraction of sp³-hybridized carbons (Fsp3) is 0.222. The molecule has 2 N–H and O–H groups in total. The standard InChI is InChI=1S/C18H17NO4/c20-17(15-8-9-23-16-7-2-1-6-14(15)16)19-11-12-4-3-5-13(10-12)18(21)22/h1-7,10,15H,8-9,11H2,(H,19,20)(H,21,22)/t15-/m0/s1. The first kappa shape index (κ1) is 15.1. The summed E-state index contributed by atoms with van der Waals surface area (Å²) in [5.74, 6) is -0.521. The van der Waals surface area contributed by atoms with Crippen LogP contribution in [-0.2, 0) is 11.3 Å². The Labute approximate surface area is 133 Å². The van der Waals surface area contributed by atoms with Gasteiger partial charge in [-0.2, -0.15) is 0 Å². The van der Waals surface area contributed by atoms with E-state index in [9.17, 15) is 9.59 Å². The zero-order chi connectivity index (χ0) is 16.2. The van der Waals surface area contributed by atoms with Gasteiger partial charge in [0, 0.05) is 12.1 Å². The van der Waals surface area contributed by atoms with Gasteiger partial charge in [0.25, 0.3) is 0 Å². The smallest absolute Gasteiger partial charge is 0.335 e. The fourth-order valence-corrected chi connectivity index (χ4v) is 2.74. The second-order valence-electron chi connectivity index (χ2n) is 5.45. The van der Waals surface area contributed by atoms with Gasteiger partial charge in [0.1, 0.15) is 5.75 Å². The summed E-state index contributed by atoms with van der Waals surface area (Å²) in [7, 11) is 0. The van der Waals surface area contributed by atoms with Crippen molar-refractivity contribution in [2.75, 3.05) is 6.61 Å². The second kappa shape index (κ2) is 6.52. The predicted octanol–water partition coefficient (Wildman–Crippen LogP) is 2.57. The van der Waals surface area contributed by atoms with Crippen molar-refractivity contribution in [3.8, 4) is 5.75 Å². The average molecular weight is 311 g/mol. The van der Waals surface area contributed by atoms with Crippen LogP contribution in [0.3, 0.4) is 0 Å². The van der Waals surface area contributed by atoms with Crippen LogP contribution < -0.4 is 10.1 Å². The van der Waals surface area contributed by atoms with Crippen molar-refractivity contribution in [2.45, 2.75) is 18.9 Å². The van der Waals surface area contributed by atoms with E-state index in [2.05, 4.69) is 5.32 Å². The maximum Gasteiger partial charge on any atom is 0.335 e. The molecule has 0 fully saturated rings. The molecule has 5 heteroatoms. The van der Waals surface area contributed by atoms with E-state index < -0.39 is 5.97 Å². The summed E-state index contributed by atoms with van der Waals surface area (Å²) in [5, 5.41) is 11.9. The van der Waals surface area contributed by atoms with Gasteiger partial charge >= 0.3 is 5.97 Å². The number of ether oxygens (including phenoxy) is 1. The Morgan fingerprint density at radius 1 is 1.17 bits per heavy atom. The number of rotatable bonds is 4. The third-order valence-corrected chi connectivity index (χ3v) is 3.92. The molecule has 1 aliphatic rings. The average Bonchev–Trinajstić information content (AvgIpc) is 2.59. The predicted molar refractivity (Wildman–Crippen MR) is 84.5 cm³/mol. The number of amides is 1. The number of aromatic carboxylic acids is 1. The molecule has 2 aromatic rings. The third-order valence-electron chi connectivity index (χ3n) is 3.92. The molecule has 0 bridgehead atoms. The molecule has 1 heterocycles. The summed E-state index contributed by atoms with van der Waals surface area (Å²) in [6.45, 7) is 0.822. The number of hydrogen-bond acceptors (Lipinski definition) is 3. The van der Waals surface area contributed by atoms with Crippen LogP contribution in [0.1, 0.15) is 33.8 Å². The van der Waals surface area contributed by atoms with Crippen LogP contribution >= 0.6 is 0 Å². The summed E-state index contributed by atoms with van der Waals surface area (Å²) in [4.78, 5) is 23.4. The van der Waals surface area contributed by atoms with Crippen LogP contribution in [0, 0.1) is 0 Å². The zero-order valence-corrected chi connectivity index (χ0v) is 12.5. The Balaban J connectivity index is 1.69. The number of carbonyl (C=O) groups is 2. The molecular formula is C18H17NO4. The van der Waals surface area contributed by atoms with Crippen molar-refractivity contribution < 1.29 is 19.4 Å². The SMILES string of the molecule is O=C(O)c1cccc(CNC(=O)[C@H]2CCOc3ccccc32)c1. The number of carboxylic acid groups (broad SMARTS) is 1. The van der Waals surface area contributed by atoms with E-state index in [0.717, 1.165) is 16.9 Å². The van der Waals surface area contributed by atoms with Gasteiger partial charge in [-0.25, -0.2) is 4.79 Å². The molecule has 0 unspecified atom stereocenters. The molecule has 0 radical (unpaired) electrons. The highest BCUT2D eigenvalue weighted by atomic mass is 16.5. The Morgan fingerprint density at radius 3 is 2.83 bits per heavy atom. The normalized spacial score (nSPS) is 16.1. The summed E-state index contributed by atoms with van der Waals surface area (Å²) in [6.07, 6.45) is 0.637. The summed E-state index contributed by atoms with van der Waals surface area (Å²) in [5.41, 5.74) is 1.88. The molecule has 0 aliphatic carbocycles. The highest BCUT2D eigenvalue weighted by Gasteiger charge is 2.27. The number of hydrogen-bond donors (Lipinski definition) is 2. The first-order chi connectivity index (χ1) is 11.1. The van der Waals surface area contributed by atoms with Crippen LogP contribution in [0.15, 0.2) is 48.5 Å². The minimum atomic E-state index is -0.975. The minimum absolute atomic E-state index is 0.0681. The maximum absolute atomic E-state index is 12.5. The molecule has 0 saturated heterocycles. The molecule has 1 atom stereocenters. The van der Waals surface area contributed by atoms with Gasteiger partial charge in [-0.15, -0.1) is 0 Å². The molecule has 0 spiro atoms. The first-order valence-electron chi connectivity index (χ1n) is 7.47. The quantitative estimate of drug-likeness (QED) is 0.910. The molecule has 3 rings (SSSR count). The Morgan fingerprint density at radius 2 is 2.00 bits per heavy atom. The first-order valence-corrected chi connectivity index (χ1v) is 7.47.